The number of alkyl halides is 1. The van der Waals surface area contributed by atoms with Crippen LogP contribution in [0.1, 0.15) is 13.8 Å². The molecule has 0 unspecified atom stereocenters. The standard InChI is InChI=1S/C7H12FNO3/c1-4(2)6(7(11)12)9-5(10)3-8/h4,6H,3H2,1-2H3,(H,9,10)(H,11,12)/t6-/m0/s1. The minimum absolute atomic E-state index is 0.252. The van der Waals surface area contributed by atoms with Crippen LogP contribution in [0, 0.1) is 5.92 Å². The lowest BCUT2D eigenvalue weighted by molar-refractivity contribution is -0.143. The van der Waals surface area contributed by atoms with Crippen LogP contribution in [0.4, 0.5) is 4.39 Å². The van der Waals surface area contributed by atoms with Gasteiger partial charge in [0, 0.05) is 0 Å². The summed E-state index contributed by atoms with van der Waals surface area (Å²) in [6.07, 6.45) is 0. The molecule has 0 aliphatic carbocycles. The first-order chi connectivity index (χ1) is 5.49. The number of hydrogen-bond donors (Lipinski definition) is 2. The quantitative estimate of drug-likeness (QED) is 0.643. The summed E-state index contributed by atoms with van der Waals surface area (Å²) in [4.78, 5) is 20.9. The molecule has 12 heavy (non-hydrogen) atoms. The van der Waals surface area contributed by atoms with Crippen LogP contribution in [0.2, 0.25) is 0 Å². The summed E-state index contributed by atoms with van der Waals surface area (Å²) in [6.45, 7) is 2.09. The first kappa shape index (κ1) is 10.9. The van der Waals surface area contributed by atoms with Gasteiger partial charge in [-0.1, -0.05) is 13.8 Å². The van der Waals surface area contributed by atoms with Crippen molar-refractivity contribution in [2.75, 3.05) is 6.67 Å². The van der Waals surface area contributed by atoms with Crippen molar-refractivity contribution in [3.8, 4) is 0 Å². The topological polar surface area (TPSA) is 66.4 Å². The van der Waals surface area contributed by atoms with E-state index in [1.165, 1.54) is 0 Å². The smallest absolute Gasteiger partial charge is 0.326 e. The van der Waals surface area contributed by atoms with Crippen molar-refractivity contribution in [2.45, 2.75) is 19.9 Å². The number of carboxylic acid groups (broad SMARTS) is 1. The highest BCUT2D eigenvalue weighted by atomic mass is 19.1. The number of carboxylic acids is 1. The van der Waals surface area contributed by atoms with Gasteiger partial charge in [0.05, 0.1) is 0 Å². The van der Waals surface area contributed by atoms with Gasteiger partial charge < -0.3 is 10.4 Å². The highest BCUT2D eigenvalue weighted by Crippen LogP contribution is 2.01. The van der Waals surface area contributed by atoms with E-state index in [0.717, 1.165) is 0 Å². The van der Waals surface area contributed by atoms with Crippen LogP contribution >= 0.6 is 0 Å². The molecule has 0 spiro atoms. The SMILES string of the molecule is CC(C)[C@H](NC(=O)CF)C(=O)O. The Morgan fingerprint density at radius 3 is 2.25 bits per heavy atom. The number of carbonyl (C=O) groups excluding carboxylic acids is 1. The molecule has 5 heteroatoms. The van der Waals surface area contributed by atoms with Gasteiger partial charge in [0.1, 0.15) is 6.04 Å². The second-order valence-corrected chi connectivity index (χ2v) is 2.76. The predicted molar refractivity (Wildman–Crippen MR) is 40.4 cm³/mol. The lowest BCUT2D eigenvalue weighted by Crippen LogP contribution is -2.44. The zero-order valence-corrected chi connectivity index (χ0v) is 7.00. The Morgan fingerprint density at radius 1 is 1.50 bits per heavy atom. The Balaban J connectivity index is 4.14. The zero-order chi connectivity index (χ0) is 9.72. The Bertz CT molecular complexity index is 181. The van der Waals surface area contributed by atoms with Crippen molar-refractivity contribution in [2.24, 2.45) is 5.92 Å². The molecule has 0 saturated heterocycles. The normalized spacial score (nSPS) is 12.7. The molecule has 1 amide bonds. The maximum Gasteiger partial charge on any atom is 0.326 e. The zero-order valence-electron chi connectivity index (χ0n) is 7.00. The molecule has 0 aromatic rings. The molecule has 0 heterocycles. The van der Waals surface area contributed by atoms with Gasteiger partial charge >= 0.3 is 5.97 Å². The third kappa shape index (κ3) is 3.32. The lowest BCUT2D eigenvalue weighted by atomic mass is 10.1. The number of carbonyl (C=O) groups is 2. The second kappa shape index (κ2) is 4.69. The largest absolute Gasteiger partial charge is 0.480 e. The highest BCUT2D eigenvalue weighted by Gasteiger charge is 2.22. The molecule has 0 aliphatic rings. The molecule has 0 aromatic heterocycles. The van der Waals surface area contributed by atoms with E-state index < -0.39 is 24.6 Å². The number of aliphatic carboxylic acids is 1. The number of halogens is 1. The van der Waals surface area contributed by atoms with Crippen molar-refractivity contribution < 1.29 is 19.1 Å². The van der Waals surface area contributed by atoms with Crippen molar-refractivity contribution in [1.29, 1.82) is 0 Å². The summed E-state index contributed by atoms with van der Waals surface area (Å²) in [5.41, 5.74) is 0. The minimum atomic E-state index is -1.18. The highest BCUT2D eigenvalue weighted by molar-refractivity contribution is 5.84. The van der Waals surface area contributed by atoms with Gasteiger partial charge in [-0.3, -0.25) is 4.79 Å². The van der Waals surface area contributed by atoms with Crippen molar-refractivity contribution >= 4 is 11.9 Å². The molecule has 0 fully saturated rings. The van der Waals surface area contributed by atoms with E-state index in [1.807, 2.05) is 0 Å². The van der Waals surface area contributed by atoms with Crippen LogP contribution in [-0.4, -0.2) is 29.7 Å². The molecule has 0 rings (SSSR count). The molecule has 4 nitrogen and oxygen atoms in total. The van der Waals surface area contributed by atoms with Crippen LogP contribution in [0.5, 0.6) is 0 Å². The number of nitrogens with one attached hydrogen (secondary N) is 1. The van der Waals surface area contributed by atoms with Crippen molar-refractivity contribution in [3.05, 3.63) is 0 Å². The number of amides is 1. The van der Waals surface area contributed by atoms with Crippen LogP contribution in [0.3, 0.4) is 0 Å². The van der Waals surface area contributed by atoms with Crippen molar-refractivity contribution in [1.82, 2.24) is 5.32 Å². The fraction of sp³-hybridized carbons (Fsp3) is 0.714. The summed E-state index contributed by atoms with van der Waals surface area (Å²) < 4.78 is 11.7. The van der Waals surface area contributed by atoms with Crippen LogP contribution in [0.15, 0.2) is 0 Å². The number of rotatable bonds is 4. The molecule has 70 valence electrons. The van der Waals surface area contributed by atoms with E-state index in [4.69, 9.17) is 5.11 Å². The van der Waals surface area contributed by atoms with Gasteiger partial charge in [-0.25, -0.2) is 9.18 Å². The van der Waals surface area contributed by atoms with E-state index >= 15 is 0 Å². The summed E-state index contributed by atoms with van der Waals surface area (Å²) in [5.74, 6) is -2.29. The lowest BCUT2D eigenvalue weighted by Gasteiger charge is -2.16. The third-order valence-corrected chi connectivity index (χ3v) is 1.37. The van der Waals surface area contributed by atoms with E-state index in [9.17, 15) is 14.0 Å². The van der Waals surface area contributed by atoms with Crippen LogP contribution in [0.25, 0.3) is 0 Å². The molecule has 1 atom stereocenters. The Morgan fingerprint density at radius 2 is 2.00 bits per heavy atom. The third-order valence-electron chi connectivity index (χ3n) is 1.37. The molecule has 2 N–H and O–H groups in total. The predicted octanol–water partition coefficient (Wildman–Crippen LogP) is 0.181. The van der Waals surface area contributed by atoms with Crippen LogP contribution in [-0.2, 0) is 9.59 Å². The van der Waals surface area contributed by atoms with Crippen LogP contribution < -0.4 is 5.32 Å². The first-order valence-electron chi connectivity index (χ1n) is 3.57. The molecular formula is C7H12FNO3. The molecular weight excluding hydrogens is 165 g/mol. The molecule has 0 radical (unpaired) electrons. The summed E-state index contributed by atoms with van der Waals surface area (Å²) in [5, 5.41) is 10.6. The molecule has 0 saturated carbocycles. The average molecular weight is 177 g/mol. The maximum absolute atomic E-state index is 11.7. The van der Waals surface area contributed by atoms with E-state index in [-0.39, 0.29) is 5.92 Å². The molecule has 0 aliphatic heterocycles. The van der Waals surface area contributed by atoms with E-state index in [0.29, 0.717) is 0 Å². The monoisotopic (exact) mass is 177 g/mol. The van der Waals surface area contributed by atoms with Gasteiger partial charge in [-0.2, -0.15) is 0 Å². The van der Waals surface area contributed by atoms with E-state index in [1.54, 1.807) is 13.8 Å². The summed E-state index contributed by atoms with van der Waals surface area (Å²) >= 11 is 0. The van der Waals surface area contributed by atoms with Gasteiger partial charge in [0.15, 0.2) is 6.67 Å². The fourth-order valence-electron chi connectivity index (χ4n) is 0.726. The molecule has 0 aromatic carbocycles. The fourth-order valence-corrected chi connectivity index (χ4v) is 0.726. The van der Waals surface area contributed by atoms with Crippen molar-refractivity contribution in [3.63, 3.8) is 0 Å². The van der Waals surface area contributed by atoms with Gasteiger partial charge in [0.2, 0.25) is 0 Å². The summed E-state index contributed by atoms with van der Waals surface area (Å²) in [6, 6.07) is -1.01. The van der Waals surface area contributed by atoms with Gasteiger partial charge in [0.25, 0.3) is 5.91 Å². The molecule has 0 bridgehead atoms. The Kier molecular flexibility index (Phi) is 4.25. The average Bonchev–Trinajstić information content (AvgIpc) is 1.98. The number of hydrogen-bond acceptors (Lipinski definition) is 2. The summed E-state index contributed by atoms with van der Waals surface area (Å²) in [7, 11) is 0. The Labute approximate surface area is 69.8 Å². The van der Waals surface area contributed by atoms with Gasteiger partial charge in [-0.05, 0) is 5.92 Å². The Hall–Kier alpha value is -1.13. The first-order valence-corrected chi connectivity index (χ1v) is 3.57. The maximum atomic E-state index is 11.7. The minimum Gasteiger partial charge on any atom is -0.480 e. The second-order valence-electron chi connectivity index (χ2n) is 2.76. The van der Waals surface area contributed by atoms with Gasteiger partial charge in [-0.15, -0.1) is 0 Å². The van der Waals surface area contributed by atoms with E-state index in [2.05, 4.69) is 5.32 Å².